The lowest BCUT2D eigenvalue weighted by atomic mass is 10.2. The maximum absolute atomic E-state index is 13.5. The number of nitrogens with zero attached hydrogens (tertiary/aromatic N) is 3. The molecule has 0 amide bonds. The second-order valence-electron chi connectivity index (χ2n) is 5.89. The number of sulfone groups is 1. The summed E-state index contributed by atoms with van der Waals surface area (Å²) in [7, 11) is -3.83. The molecule has 29 heavy (non-hydrogen) atoms. The molecule has 2 N–H and O–H groups in total. The van der Waals surface area contributed by atoms with Gasteiger partial charge in [0.2, 0.25) is 0 Å². The number of halogens is 6. The van der Waals surface area contributed by atoms with E-state index in [1.54, 1.807) is 0 Å². The number of hydrogen-bond acceptors (Lipinski definition) is 6. The van der Waals surface area contributed by atoms with Crippen molar-refractivity contribution >= 4 is 15.7 Å². The summed E-state index contributed by atoms with van der Waals surface area (Å²) in [5.41, 5.74) is 3.55. The normalized spacial score (nSPS) is 14.0. The second-order valence-corrected chi connectivity index (χ2v) is 8.14. The monoisotopic (exact) mass is 444 g/mol. The van der Waals surface area contributed by atoms with Crippen molar-refractivity contribution in [2.24, 2.45) is 0 Å². The van der Waals surface area contributed by atoms with E-state index in [-0.39, 0.29) is 32.4 Å². The van der Waals surface area contributed by atoms with Crippen molar-refractivity contribution in [1.29, 1.82) is 0 Å². The molecule has 1 atom stereocenters. The number of nitrogens with two attached hydrogens (primary N) is 1. The molecule has 0 radical (unpaired) electrons. The molecular formula is C15H14F6N4O3S. The van der Waals surface area contributed by atoms with Gasteiger partial charge in [0.1, 0.15) is 11.5 Å². The molecule has 160 valence electrons. The minimum absolute atomic E-state index is 0.0715. The van der Waals surface area contributed by atoms with Crippen LogP contribution < -0.4 is 11.3 Å². The van der Waals surface area contributed by atoms with Crippen molar-refractivity contribution < 1.29 is 34.8 Å². The number of anilines is 1. The summed E-state index contributed by atoms with van der Waals surface area (Å²) in [4.78, 5) is 19.1. The first-order valence-corrected chi connectivity index (χ1v) is 9.49. The fourth-order valence-electron chi connectivity index (χ4n) is 2.27. The van der Waals surface area contributed by atoms with E-state index in [9.17, 15) is 39.6 Å². The Hall–Kier alpha value is -2.64. The molecule has 1 unspecified atom stereocenters. The van der Waals surface area contributed by atoms with Crippen LogP contribution in [0.15, 0.2) is 34.2 Å². The van der Waals surface area contributed by atoms with Gasteiger partial charge in [-0.3, -0.25) is 9.36 Å². The first-order valence-electron chi connectivity index (χ1n) is 7.84. The van der Waals surface area contributed by atoms with Crippen LogP contribution in [0.2, 0.25) is 0 Å². The van der Waals surface area contributed by atoms with Crippen LogP contribution in [0.25, 0.3) is 11.4 Å². The molecule has 2 rings (SSSR count). The smallest absolute Gasteiger partial charge is 0.384 e. The Morgan fingerprint density at radius 2 is 1.83 bits per heavy atom. The van der Waals surface area contributed by atoms with Crippen LogP contribution >= 0.6 is 0 Å². The first-order chi connectivity index (χ1) is 13.2. The van der Waals surface area contributed by atoms with E-state index in [0.29, 0.717) is 12.4 Å². The molecule has 2 heterocycles. The quantitative estimate of drug-likeness (QED) is 0.685. The van der Waals surface area contributed by atoms with Crippen LogP contribution in [-0.2, 0) is 16.4 Å². The van der Waals surface area contributed by atoms with E-state index in [0.717, 1.165) is 6.07 Å². The summed E-state index contributed by atoms with van der Waals surface area (Å²) < 4.78 is 101. The van der Waals surface area contributed by atoms with Gasteiger partial charge in [0.15, 0.2) is 9.84 Å². The van der Waals surface area contributed by atoms with Crippen molar-refractivity contribution in [3.8, 4) is 11.4 Å². The molecule has 2 aromatic heterocycles. The lowest BCUT2D eigenvalue weighted by molar-refractivity contribution is -0.247. The SMILES string of the molecule is CCS(=O)(=O)c1ccc(N)nc1-c1cc(=O)n(CC(F)(F)C(F)C(F)(F)F)cn1. The Balaban J connectivity index is 2.49. The molecule has 0 saturated heterocycles. The fourth-order valence-corrected chi connectivity index (χ4v) is 3.30. The zero-order chi connectivity index (χ0) is 22.2. The van der Waals surface area contributed by atoms with Crippen molar-refractivity contribution in [1.82, 2.24) is 14.5 Å². The van der Waals surface area contributed by atoms with Crippen molar-refractivity contribution in [2.45, 2.75) is 36.6 Å². The van der Waals surface area contributed by atoms with E-state index in [2.05, 4.69) is 9.97 Å². The van der Waals surface area contributed by atoms with E-state index in [1.807, 2.05) is 0 Å². The summed E-state index contributed by atoms with van der Waals surface area (Å²) in [6.07, 6.45) is -9.87. The number of rotatable bonds is 6. The molecule has 0 bridgehead atoms. The molecular weight excluding hydrogens is 430 g/mol. The third-order valence-electron chi connectivity index (χ3n) is 3.76. The molecule has 2 aromatic rings. The summed E-state index contributed by atoms with van der Waals surface area (Å²) >= 11 is 0. The number of aromatic nitrogens is 3. The van der Waals surface area contributed by atoms with E-state index >= 15 is 0 Å². The summed E-state index contributed by atoms with van der Waals surface area (Å²) in [6.45, 7) is -0.582. The maximum Gasteiger partial charge on any atom is 0.425 e. The molecule has 0 spiro atoms. The minimum atomic E-state index is -5.82. The third kappa shape index (κ3) is 4.86. The number of hydrogen-bond donors (Lipinski definition) is 1. The highest BCUT2D eigenvalue weighted by molar-refractivity contribution is 7.91. The topological polar surface area (TPSA) is 108 Å². The highest BCUT2D eigenvalue weighted by Crippen LogP contribution is 2.35. The van der Waals surface area contributed by atoms with Gasteiger partial charge in [0, 0.05) is 6.07 Å². The largest absolute Gasteiger partial charge is 0.425 e. The lowest BCUT2D eigenvalue weighted by Gasteiger charge is -2.23. The van der Waals surface area contributed by atoms with E-state index < -0.39 is 40.2 Å². The van der Waals surface area contributed by atoms with Gasteiger partial charge in [0.25, 0.3) is 11.7 Å². The molecule has 0 aliphatic rings. The maximum atomic E-state index is 13.5. The molecule has 7 nitrogen and oxygen atoms in total. The van der Waals surface area contributed by atoms with Gasteiger partial charge in [-0.05, 0) is 12.1 Å². The van der Waals surface area contributed by atoms with E-state index in [1.165, 1.54) is 13.0 Å². The third-order valence-corrected chi connectivity index (χ3v) is 5.52. The van der Waals surface area contributed by atoms with Crippen molar-refractivity contribution in [2.75, 3.05) is 11.5 Å². The predicted molar refractivity (Wildman–Crippen MR) is 89.8 cm³/mol. The summed E-state index contributed by atoms with van der Waals surface area (Å²) in [5, 5.41) is 0. The Labute approximate surface area is 160 Å². The Bertz CT molecular complexity index is 1070. The molecule has 0 aromatic carbocycles. The summed E-state index contributed by atoms with van der Waals surface area (Å²) in [5.74, 6) is -5.39. The first kappa shape index (κ1) is 22.6. The highest BCUT2D eigenvalue weighted by atomic mass is 32.2. The molecule has 0 fully saturated rings. The fraction of sp³-hybridized carbons (Fsp3) is 0.400. The van der Waals surface area contributed by atoms with Crippen LogP contribution in [0.1, 0.15) is 6.92 Å². The second kappa shape index (κ2) is 7.65. The highest BCUT2D eigenvalue weighted by Gasteiger charge is 2.56. The Morgan fingerprint density at radius 1 is 1.21 bits per heavy atom. The average molecular weight is 444 g/mol. The van der Waals surface area contributed by atoms with Gasteiger partial charge in [-0.25, -0.2) is 31.6 Å². The van der Waals surface area contributed by atoms with Crippen LogP contribution in [0.3, 0.4) is 0 Å². The molecule has 0 saturated carbocycles. The van der Waals surface area contributed by atoms with Crippen LogP contribution in [0, 0.1) is 0 Å². The number of alkyl halides is 6. The van der Waals surface area contributed by atoms with Gasteiger partial charge in [-0.1, -0.05) is 6.92 Å². The number of nitrogen functional groups attached to an aromatic ring is 1. The van der Waals surface area contributed by atoms with Gasteiger partial charge in [-0.2, -0.15) is 13.2 Å². The van der Waals surface area contributed by atoms with Crippen molar-refractivity contribution in [3.05, 3.63) is 34.9 Å². The van der Waals surface area contributed by atoms with E-state index in [4.69, 9.17) is 5.73 Å². The van der Waals surface area contributed by atoms with Gasteiger partial charge < -0.3 is 5.73 Å². The number of pyridine rings is 1. The zero-order valence-corrected chi connectivity index (χ0v) is 15.4. The Morgan fingerprint density at radius 3 is 2.34 bits per heavy atom. The zero-order valence-electron chi connectivity index (χ0n) is 14.6. The average Bonchev–Trinajstić information content (AvgIpc) is 2.61. The lowest BCUT2D eigenvalue weighted by Crippen LogP contribution is -2.46. The minimum Gasteiger partial charge on any atom is -0.384 e. The molecule has 0 aliphatic heterocycles. The predicted octanol–water partition coefficient (Wildman–Crippen LogP) is 2.22. The Kier molecular flexibility index (Phi) is 5.97. The van der Waals surface area contributed by atoms with Crippen LogP contribution in [0.5, 0.6) is 0 Å². The van der Waals surface area contributed by atoms with Gasteiger partial charge in [-0.15, -0.1) is 0 Å². The molecule has 0 aliphatic carbocycles. The van der Waals surface area contributed by atoms with Crippen LogP contribution in [-0.4, -0.2) is 47.0 Å². The van der Waals surface area contributed by atoms with Gasteiger partial charge in [0.05, 0.1) is 29.2 Å². The van der Waals surface area contributed by atoms with Crippen LogP contribution in [0.4, 0.5) is 32.2 Å². The standard InChI is InChI=1S/C15H14F6N4O3S/c1-2-29(27,28)9-3-4-10(22)24-12(9)8-5-11(26)25(7-23-8)6-14(17,18)13(16)15(19,20)21/h3-5,7,13H,2,6H2,1H3,(H2,22,24). The van der Waals surface area contributed by atoms with Gasteiger partial charge >= 0.3 is 12.1 Å². The van der Waals surface area contributed by atoms with Crippen molar-refractivity contribution in [3.63, 3.8) is 0 Å². The summed E-state index contributed by atoms with van der Waals surface area (Å²) in [6, 6.07) is 2.90. The molecule has 14 heteroatoms.